The van der Waals surface area contributed by atoms with Crippen molar-refractivity contribution in [2.75, 3.05) is 6.61 Å². The Labute approximate surface area is 118 Å². The van der Waals surface area contributed by atoms with E-state index >= 15 is 0 Å². The molecule has 0 aliphatic carbocycles. The van der Waals surface area contributed by atoms with Gasteiger partial charge in [-0.15, -0.1) is 0 Å². The van der Waals surface area contributed by atoms with Crippen molar-refractivity contribution in [3.63, 3.8) is 0 Å². The van der Waals surface area contributed by atoms with Gasteiger partial charge in [0.2, 0.25) is 5.91 Å². The van der Waals surface area contributed by atoms with Gasteiger partial charge >= 0.3 is 5.97 Å². The Morgan fingerprint density at radius 2 is 1.80 bits per heavy atom. The average molecular weight is 279 g/mol. The summed E-state index contributed by atoms with van der Waals surface area (Å²) in [7, 11) is 0. The van der Waals surface area contributed by atoms with Crippen LogP contribution in [0.25, 0.3) is 0 Å². The largest absolute Gasteiger partial charge is 0.479 e. The van der Waals surface area contributed by atoms with E-state index in [1.165, 1.54) is 0 Å². The number of carbonyl (C=O) groups is 2. The first-order valence-corrected chi connectivity index (χ1v) is 6.58. The number of rotatable bonds is 6. The molecule has 0 bridgehead atoms. The number of hydrogen-bond acceptors (Lipinski definition) is 3. The molecule has 0 saturated carbocycles. The summed E-state index contributed by atoms with van der Waals surface area (Å²) < 4.78 is 5.16. The maximum Gasteiger partial charge on any atom is 0.330 e. The highest BCUT2D eigenvalue weighted by atomic mass is 16.5. The van der Waals surface area contributed by atoms with Gasteiger partial charge in [0.25, 0.3) is 0 Å². The monoisotopic (exact) mass is 279 g/mol. The lowest BCUT2D eigenvalue weighted by molar-refractivity contribution is -0.144. The van der Waals surface area contributed by atoms with Crippen LogP contribution in [0.1, 0.15) is 36.6 Å². The second-order valence-corrected chi connectivity index (χ2v) is 4.80. The van der Waals surface area contributed by atoms with Crippen molar-refractivity contribution < 1.29 is 19.4 Å². The minimum Gasteiger partial charge on any atom is -0.479 e. The highest BCUT2D eigenvalue weighted by Crippen LogP contribution is 2.17. The van der Waals surface area contributed by atoms with Gasteiger partial charge in [0.1, 0.15) is 6.10 Å². The minimum absolute atomic E-state index is 0.399. The second-order valence-electron chi connectivity index (χ2n) is 4.80. The van der Waals surface area contributed by atoms with Crippen LogP contribution in [-0.2, 0) is 14.3 Å². The molecule has 0 aromatic heterocycles. The van der Waals surface area contributed by atoms with Crippen molar-refractivity contribution in [1.82, 2.24) is 5.32 Å². The number of amides is 1. The molecule has 1 rings (SSSR count). The van der Waals surface area contributed by atoms with E-state index in [1.54, 1.807) is 26.0 Å². The number of aryl methyl sites for hydroxylation is 2. The first-order valence-electron chi connectivity index (χ1n) is 6.58. The second kappa shape index (κ2) is 7.05. The first kappa shape index (κ1) is 16.2. The molecular weight excluding hydrogens is 258 g/mol. The summed E-state index contributed by atoms with van der Waals surface area (Å²) in [4.78, 5) is 23.3. The molecule has 5 nitrogen and oxygen atoms in total. The molecule has 0 saturated heterocycles. The fourth-order valence-corrected chi connectivity index (χ4v) is 2.05. The van der Waals surface area contributed by atoms with Crippen LogP contribution >= 0.6 is 0 Å². The molecule has 20 heavy (non-hydrogen) atoms. The van der Waals surface area contributed by atoms with Crippen LogP contribution in [0.2, 0.25) is 0 Å². The smallest absolute Gasteiger partial charge is 0.330 e. The van der Waals surface area contributed by atoms with Gasteiger partial charge in [-0.25, -0.2) is 4.79 Å². The Hall–Kier alpha value is -1.88. The third-order valence-electron chi connectivity index (χ3n) is 2.90. The van der Waals surface area contributed by atoms with E-state index < -0.39 is 24.0 Å². The van der Waals surface area contributed by atoms with Gasteiger partial charge in [-0.2, -0.15) is 0 Å². The zero-order valence-electron chi connectivity index (χ0n) is 12.3. The number of carbonyl (C=O) groups excluding carboxylic acids is 1. The van der Waals surface area contributed by atoms with Crippen molar-refractivity contribution in [3.8, 4) is 0 Å². The summed E-state index contributed by atoms with van der Waals surface area (Å²) in [5, 5.41) is 11.8. The molecule has 1 aromatic carbocycles. The van der Waals surface area contributed by atoms with Crippen molar-refractivity contribution in [2.24, 2.45) is 0 Å². The molecule has 0 heterocycles. The van der Waals surface area contributed by atoms with Crippen molar-refractivity contribution in [1.29, 1.82) is 0 Å². The molecule has 110 valence electrons. The average Bonchev–Trinajstić information content (AvgIpc) is 2.34. The number of nitrogens with one attached hydrogen (secondary N) is 1. The summed E-state index contributed by atoms with van der Waals surface area (Å²) in [6.45, 7) is 7.55. The van der Waals surface area contributed by atoms with Gasteiger partial charge in [0.05, 0.1) is 0 Å². The van der Waals surface area contributed by atoms with E-state index in [-0.39, 0.29) is 0 Å². The molecule has 2 N–H and O–H groups in total. The van der Waals surface area contributed by atoms with Crippen LogP contribution in [0.3, 0.4) is 0 Å². The topological polar surface area (TPSA) is 75.6 Å². The molecule has 2 atom stereocenters. The summed E-state index contributed by atoms with van der Waals surface area (Å²) in [5.74, 6) is -1.52. The first-order chi connectivity index (χ1) is 9.35. The van der Waals surface area contributed by atoms with E-state index in [4.69, 9.17) is 4.74 Å². The number of carboxylic acid groups (broad SMARTS) is 1. The molecule has 0 spiro atoms. The molecule has 0 aliphatic heterocycles. The lowest BCUT2D eigenvalue weighted by Crippen LogP contribution is -2.40. The van der Waals surface area contributed by atoms with Gasteiger partial charge in [-0.1, -0.05) is 29.3 Å². The lowest BCUT2D eigenvalue weighted by Gasteiger charge is -2.19. The van der Waals surface area contributed by atoms with Gasteiger partial charge < -0.3 is 15.2 Å². The van der Waals surface area contributed by atoms with E-state index in [0.717, 1.165) is 11.1 Å². The summed E-state index contributed by atoms with van der Waals surface area (Å²) in [6, 6.07) is 4.41. The highest BCUT2D eigenvalue weighted by molar-refractivity contribution is 5.86. The quantitative estimate of drug-likeness (QED) is 0.834. The number of aliphatic carboxylic acids is 1. The van der Waals surface area contributed by atoms with Crippen molar-refractivity contribution in [3.05, 3.63) is 34.9 Å². The number of hydrogen-bond donors (Lipinski definition) is 2. The van der Waals surface area contributed by atoms with Gasteiger partial charge in [-0.3, -0.25) is 4.79 Å². The fraction of sp³-hybridized carbons (Fsp3) is 0.467. The predicted octanol–water partition coefficient (Wildman–Crippen LogP) is 1.97. The molecule has 2 unspecified atom stereocenters. The summed E-state index contributed by atoms with van der Waals surface area (Å²) in [6.07, 6.45) is -0.673. The lowest BCUT2D eigenvalue weighted by atomic mass is 10.0. The zero-order valence-corrected chi connectivity index (χ0v) is 12.3. The maximum atomic E-state index is 11.9. The molecule has 0 aliphatic rings. The Kier molecular flexibility index (Phi) is 5.70. The van der Waals surface area contributed by atoms with Crippen molar-refractivity contribution >= 4 is 11.9 Å². The molecule has 1 amide bonds. The summed E-state index contributed by atoms with van der Waals surface area (Å²) >= 11 is 0. The molecule has 5 heteroatoms. The normalized spacial score (nSPS) is 13.6. The van der Waals surface area contributed by atoms with Gasteiger partial charge in [0, 0.05) is 6.61 Å². The Morgan fingerprint density at radius 1 is 1.25 bits per heavy atom. The van der Waals surface area contributed by atoms with E-state index in [9.17, 15) is 14.7 Å². The molecule has 1 aromatic rings. The maximum absolute atomic E-state index is 11.9. The Bertz CT molecular complexity index is 478. The van der Waals surface area contributed by atoms with Gasteiger partial charge in [0.15, 0.2) is 6.04 Å². The molecule has 0 radical (unpaired) electrons. The molecular formula is C15H21NO4. The number of benzene rings is 1. The van der Waals surface area contributed by atoms with Crippen LogP contribution < -0.4 is 5.32 Å². The Morgan fingerprint density at radius 3 is 2.25 bits per heavy atom. The number of carboxylic acids is 1. The third kappa shape index (κ3) is 4.35. The number of ether oxygens (including phenoxy) is 1. The SMILES string of the molecule is CCOC(C)C(=O)NC(C(=O)O)c1cc(C)cc(C)c1. The Balaban J connectivity index is 2.95. The van der Waals surface area contributed by atoms with E-state index in [1.807, 2.05) is 19.9 Å². The third-order valence-corrected chi connectivity index (χ3v) is 2.90. The summed E-state index contributed by atoms with van der Waals surface area (Å²) in [5.41, 5.74) is 2.48. The molecule has 0 fully saturated rings. The van der Waals surface area contributed by atoms with E-state index in [0.29, 0.717) is 12.2 Å². The fourth-order valence-electron chi connectivity index (χ4n) is 2.05. The van der Waals surface area contributed by atoms with Crippen LogP contribution in [0.5, 0.6) is 0 Å². The zero-order chi connectivity index (χ0) is 15.3. The van der Waals surface area contributed by atoms with Crippen LogP contribution in [-0.4, -0.2) is 29.7 Å². The minimum atomic E-state index is -1.09. The van der Waals surface area contributed by atoms with E-state index in [2.05, 4.69) is 5.32 Å². The van der Waals surface area contributed by atoms with Crippen LogP contribution in [0.4, 0.5) is 0 Å². The van der Waals surface area contributed by atoms with Crippen LogP contribution in [0, 0.1) is 13.8 Å². The van der Waals surface area contributed by atoms with Crippen LogP contribution in [0.15, 0.2) is 18.2 Å². The van der Waals surface area contributed by atoms with Gasteiger partial charge in [-0.05, 0) is 33.3 Å². The van der Waals surface area contributed by atoms with Crippen molar-refractivity contribution in [2.45, 2.75) is 39.8 Å². The standard InChI is InChI=1S/C15H21NO4/c1-5-20-11(4)14(17)16-13(15(18)19)12-7-9(2)6-10(3)8-12/h6-8,11,13H,5H2,1-4H3,(H,16,17)(H,18,19). The predicted molar refractivity (Wildman–Crippen MR) is 75.5 cm³/mol. The highest BCUT2D eigenvalue weighted by Gasteiger charge is 2.25.